The van der Waals surface area contributed by atoms with Gasteiger partial charge >= 0.3 is 0 Å². The molecule has 2 amide bonds. The zero-order valence-electron chi connectivity index (χ0n) is 20.2. The maximum atomic E-state index is 12.6. The lowest BCUT2D eigenvalue weighted by Gasteiger charge is -2.31. The number of methoxy groups -OCH3 is 1. The van der Waals surface area contributed by atoms with E-state index in [0.717, 1.165) is 18.5 Å². The van der Waals surface area contributed by atoms with Crippen LogP contribution in [0.5, 0.6) is 0 Å². The van der Waals surface area contributed by atoms with E-state index < -0.39 is 18.3 Å². The molecular weight excluding hydrogens is 430 g/mol. The molecule has 11 heteroatoms. The molecule has 0 aromatic carbocycles. The van der Waals surface area contributed by atoms with E-state index in [2.05, 4.69) is 15.3 Å². The van der Waals surface area contributed by atoms with Crippen molar-refractivity contribution in [1.82, 2.24) is 19.6 Å². The molecule has 0 radical (unpaired) electrons. The molecule has 1 saturated heterocycles. The highest BCUT2D eigenvalue weighted by Gasteiger charge is 2.29. The largest absolute Gasteiger partial charge is 0.388 e. The molecule has 11 nitrogen and oxygen atoms in total. The van der Waals surface area contributed by atoms with Crippen molar-refractivity contribution in [2.45, 2.75) is 51.4 Å². The highest BCUT2D eigenvalue weighted by molar-refractivity contribution is 5.92. The van der Waals surface area contributed by atoms with Crippen molar-refractivity contribution >= 4 is 17.5 Å². The number of nitrogens with one attached hydrogen (secondary N) is 1. The zero-order valence-corrected chi connectivity index (χ0v) is 20.2. The van der Waals surface area contributed by atoms with Crippen LogP contribution < -0.4 is 5.32 Å². The molecule has 3 N–H and O–H groups in total. The summed E-state index contributed by atoms with van der Waals surface area (Å²) in [5.74, 6) is -0.259. The number of anilines is 1. The van der Waals surface area contributed by atoms with E-state index in [-0.39, 0.29) is 31.5 Å². The maximum absolute atomic E-state index is 12.6. The number of hydrogen-bond acceptors (Lipinski definition) is 8. The fourth-order valence-electron chi connectivity index (χ4n) is 3.88. The van der Waals surface area contributed by atoms with Crippen molar-refractivity contribution in [3.63, 3.8) is 0 Å². The van der Waals surface area contributed by atoms with Crippen molar-refractivity contribution in [2.75, 3.05) is 58.4 Å². The Morgan fingerprint density at radius 3 is 2.61 bits per heavy atom. The Hall–Kier alpha value is -2.05. The highest BCUT2D eigenvalue weighted by atomic mass is 16.5. The van der Waals surface area contributed by atoms with Gasteiger partial charge in [-0.15, -0.1) is 0 Å². The summed E-state index contributed by atoms with van der Waals surface area (Å²) < 4.78 is 12.5. The first-order valence-electron chi connectivity index (χ1n) is 11.5. The van der Waals surface area contributed by atoms with E-state index in [1.807, 2.05) is 6.92 Å². The molecule has 188 valence electrons. The Kier molecular flexibility index (Phi) is 11.2. The quantitative estimate of drug-likeness (QED) is 0.551. The van der Waals surface area contributed by atoms with Crippen LogP contribution in [0.3, 0.4) is 0 Å². The Labute approximate surface area is 195 Å². The van der Waals surface area contributed by atoms with Gasteiger partial charge in [0.15, 0.2) is 0 Å². The summed E-state index contributed by atoms with van der Waals surface area (Å²) in [5.41, 5.74) is 1.45. The minimum Gasteiger partial charge on any atom is -0.388 e. The fourth-order valence-corrected chi connectivity index (χ4v) is 3.88. The van der Waals surface area contributed by atoms with Crippen LogP contribution in [0.4, 0.5) is 5.69 Å². The number of aromatic nitrogens is 2. The molecule has 0 bridgehead atoms. The fraction of sp³-hybridized carbons (Fsp3) is 0.773. The van der Waals surface area contributed by atoms with E-state index in [1.54, 1.807) is 22.8 Å². The second-order valence-electron chi connectivity index (χ2n) is 8.56. The molecule has 3 atom stereocenters. The zero-order chi connectivity index (χ0) is 24.4. The van der Waals surface area contributed by atoms with E-state index in [4.69, 9.17) is 9.47 Å². The molecule has 1 aliphatic heterocycles. The molecule has 1 aliphatic rings. The Balaban J connectivity index is 2.02. The highest BCUT2D eigenvalue weighted by Crippen LogP contribution is 2.12. The number of hydrogen-bond donors (Lipinski definition) is 3. The molecule has 0 saturated carbocycles. The minimum absolute atomic E-state index is 0.0162. The third-order valence-corrected chi connectivity index (χ3v) is 5.78. The van der Waals surface area contributed by atoms with Gasteiger partial charge in [-0.25, -0.2) is 0 Å². The van der Waals surface area contributed by atoms with E-state index in [1.165, 1.54) is 14.0 Å². The van der Waals surface area contributed by atoms with E-state index in [9.17, 15) is 19.8 Å². The molecule has 2 heterocycles. The van der Waals surface area contributed by atoms with Gasteiger partial charge in [0.1, 0.15) is 18.3 Å². The average molecular weight is 470 g/mol. The van der Waals surface area contributed by atoms with E-state index >= 15 is 0 Å². The molecule has 0 spiro atoms. The van der Waals surface area contributed by atoms with Crippen LogP contribution in [0.15, 0.2) is 6.20 Å². The lowest BCUT2D eigenvalue weighted by molar-refractivity contribution is -0.136. The first-order chi connectivity index (χ1) is 15.7. The van der Waals surface area contributed by atoms with Crippen LogP contribution in [-0.4, -0.2) is 113 Å². The van der Waals surface area contributed by atoms with Crippen LogP contribution in [0.2, 0.25) is 0 Å². The Morgan fingerprint density at radius 1 is 1.24 bits per heavy atom. The van der Waals surface area contributed by atoms with Crippen molar-refractivity contribution in [3.05, 3.63) is 11.9 Å². The van der Waals surface area contributed by atoms with Crippen LogP contribution in [0.25, 0.3) is 0 Å². The number of aryl methyl sites for hydroxylation is 2. The SMILES string of the molecule is CO[C@H]1CN(C(C)=O)CCCN(CC(=O)Nc2cn(C)nc2C)CCCCOC[C@H](O)[C@@H]1O. The summed E-state index contributed by atoms with van der Waals surface area (Å²) >= 11 is 0. The summed E-state index contributed by atoms with van der Waals surface area (Å²) in [7, 11) is 3.25. The topological polar surface area (TPSA) is 129 Å². The number of ether oxygens (including phenoxy) is 2. The van der Waals surface area contributed by atoms with Gasteiger partial charge in [0.05, 0.1) is 24.5 Å². The van der Waals surface area contributed by atoms with Crippen LogP contribution >= 0.6 is 0 Å². The first-order valence-corrected chi connectivity index (χ1v) is 11.5. The lowest BCUT2D eigenvalue weighted by atomic mass is 10.1. The van der Waals surface area contributed by atoms with Crippen LogP contribution in [0.1, 0.15) is 31.9 Å². The van der Waals surface area contributed by atoms with Gasteiger partial charge in [0.25, 0.3) is 0 Å². The molecule has 0 aliphatic carbocycles. The Bertz CT molecular complexity index is 758. The number of aliphatic hydroxyl groups is 2. The van der Waals surface area contributed by atoms with Crippen molar-refractivity contribution in [2.24, 2.45) is 7.05 Å². The van der Waals surface area contributed by atoms with Gasteiger partial charge < -0.3 is 29.9 Å². The summed E-state index contributed by atoms with van der Waals surface area (Å²) in [4.78, 5) is 28.5. The monoisotopic (exact) mass is 469 g/mol. The molecule has 2 rings (SSSR count). The van der Waals surface area contributed by atoms with Gasteiger partial charge in [-0.3, -0.25) is 19.2 Å². The van der Waals surface area contributed by atoms with Crippen molar-refractivity contribution < 1.29 is 29.3 Å². The third kappa shape index (κ3) is 9.01. The van der Waals surface area contributed by atoms with Gasteiger partial charge in [0.2, 0.25) is 11.8 Å². The Morgan fingerprint density at radius 2 is 1.97 bits per heavy atom. The minimum atomic E-state index is -1.17. The smallest absolute Gasteiger partial charge is 0.238 e. The molecular formula is C22H39N5O6. The average Bonchev–Trinajstić information content (AvgIpc) is 3.07. The summed E-state index contributed by atoms with van der Waals surface area (Å²) in [6, 6.07) is 0. The van der Waals surface area contributed by atoms with Crippen molar-refractivity contribution in [1.29, 1.82) is 0 Å². The summed E-state index contributed by atoms with van der Waals surface area (Å²) in [5, 5.41) is 27.8. The number of aliphatic hydroxyl groups excluding tert-OH is 2. The van der Waals surface area contributed by atoms with Gasteiger partial charge in [-0.2, -0.15) is 5.10 Å². The predicted molar refractivity (Wildman–Crippen MR) is 123 cm³/mol. The van der Waals surface area contributed by atoms with Gasteiger partial charge in [-0.05, 0) is 32.7 Å². The second-order valence-corrected chi connectivity index (χ2v) is 8.56. The predicted octanol–water partition coefficient (Wildman–Crippen LogP) is -0.245. The van der Waals surface area contributed by atoms with Crippen LogP contribution in [-0.2, 0) is 26.1 Å². The van der Waals surface area contributed by atoms with Gasteiger partial charge in [-0.1, -0.05) is 0 Å². The van der Waals surface area contributed by atoms with Crippen LogP contribution in [0, 0.1) is 6.92 Å². The summed E-state index contributed by atoms with van der Waals surface area (Å²) in [6.45, 7) is 5.91. The number of carbonyl (C=O) groups is 2. The molecule has 1 aromatic heterocycles. The lowest BCUT2D eigenvalue weighted by Crippen LogP contribution is -2.48. The maximum Gasteiger partial charge on any atom is 0.238 e. The second kappa shape index (κ2) is 13.6. The standard InChI is InChI=1S/C22H39N5O6/c1-16-18(12-25(3)24-16)23-21(30)14-26-8-5-6-11-33-15-19(29)22(31)20(32-4)13-27(17(2)28)10-7-9-26/h12,19-20,22,29,31H,5-11,13-15H2,1-4H3,(H,23,30)/t19-,20-,22-/m0/s1. The van der Waals surface area contributed by atoms with Gasteiger partial charge in [0, 0.05) is 53.5 Å². The number of carbonyl (C=O) groups excluding carboxylic acids is 2. The van der Waals surface area contributed by atoms with E-state index in [0.29, 0.717) is 38.3 Å². The molecule has 1 fully saturated rings. The number of nitrogens with zero attached hydrogens (tertiary/aromatic N) is 4. The molecule has 33 heavy (non-hydrogen) atoms. The molecule has 1 aromatic rings. The van der Waals surface area contributed by atoms with Crippen molar-refractivity contribution in [3.8, 4) is 0 Å². The third-order valence-electron chi connectivity index (χ3n) is 5.78. The first kappa shape index (κ1) is 27.2. The molecule has 0 unspecified atom stereocenters. The number of amides is 2. The summed E-state index contributed by atoms with van der Waals surface area (Å²) in [6.07, 6.45) is 0.996. The number of rotatable bonds is 4. The normalized spacial score (nSPS) is 24.7.